The minimum absolute atomic E-state index is 0.0807. The number of benzene rings is 1. The Morgan fingerprint density at radius 1 is 1.44 bits per heavy atom. The highest BCUT2D eigenvalue weighted by atomic mass is 19.1. The molecule has 1 rings (SSSR count). The first kappa shape index (κ1) is 14.4. The molecule has 18 heavy (non-hydrogen) atoms. The van der Waals surface area contributed by atoms with E-state index in [0.29, 0.717) is 12.3 Å². The molecular weight excluding hydrogens is 237 g/mol. The number of hydrogen-bond acceptors (Lipinski definition) is 3. The minimum atomic E-state index is -0.786. The molecule has 1 aromatic carbocycles. The predicted molar refractivity (Wildman–Crippen MR) is 65.9 cm³/mol. The number of aromatic hydroxyl groups is 1. The highest BCUT2D eigenvalue weighted by Crippen LogP contribution is 2.14. The van der Waals surface area contributed by atoms with E-state index in [1.807, 2.05) is 13.8 Å². The van der Waals surface area contributed by atoms with Crippen molar-refractivity contribution in [3.8, 4) is 5.75 Å². The van der Waals surface area contributed by atoms with Gasteiger partial charge in [0.25, 0.3) is 5.91 Å². The Balaban J connectivity index is 2.55. The van der Waals surface area contributed by atoms with Crippen molar-refractivity contribution in [1.29, 1.82) is 0 Å². The largest absolute Gasteiger partial charge is 0.508 e. The van der Waals surface area contributed by atoms with Gasteiger partial charge in [0.2, 0.25) is 0 Å². The van der Waals surface area contributed by atoms with Gasteiger partial charge in [-0.2, -0.15) is 0 Å². The fraction of sp³-hybridized carbons (Fsp3) is 0.462. The average molecular weight is 255 g/mol. The van der Waals surface area contributed by atoms with Crippen LogP contribution in [0, 0.1) is 11.7 Å². The normalized spacial score (nSPS) is 12.5. The number of rotatable bonds is 5. The number of phenols is 1. The maximum absolute atomic E-state index is 13.4. The van der Waals surface area contributed by atoms with Crippen LogP contribution in [-0.2, 0) is 0 Å². The molecule has 1 amide bonds. The lowest BCUT2D eigenvalue weighted by Crippen LogP contribution is -2.33. The fourth-order valence-corrected chi connectivity index (χ4v) is 1.62. The van der Waals surface area contributed by atoms with Crippen molar-refractivity contribution >= 4 is 5.91 Å². The number of aliphatic hydroxyl groups is 1. The third-order valence-electron chi connectivity index (χ3n) is 2.44. The summed E-state index contributed by atoms with van der Waals surface area (Å²) in [6.45, 7) is 4.01. The topological polar surface area (TPSA) is 69.6 Å². The summed E-state index contributed by atoms with van der Waals surface area (Å²) in [6.07, 6.45) is -0.0765. The third-order valence-corrected chi connectivity index (χ3v) is 2.44. The van der Waals surface area contributed by atoms with Crippen molar-refractivity contribution in [1.82, 2.24) is 5.32 Å². The second-order valence-corrected chi connectivity index (χ2v) is 4.66. The second kappa shape index (κ2) is 6.35. The molecule has 4 nitrogen and oxygen atoms in total. The summed E-state index contributed by atoms with van der Waals surface area (Å²) >= 11 is 0. The Hall–Kier alpha value is -1.62. The van der Waals surface area contributed by atoms with Crippen molar-refractivity contribution in [3.63, 3.8) is 0 Å². The molecule has 0 aliphatic rings. The molecule has 1 unspecified atom stereocenters. The number of aliphatic hydroxyl groups excluding tert-OH is 1. The molecule has 0 aromatic heterocycles. The van der Waals surface area contributed by atoms with Gasteiger partial charge >= 0.3 is 0 Å². The molecule has 100 valence electrons. The summed E-state index contributed by atoms with van der Waals surface area (Å²) in [7, 11) is 0. The van der Waals surface area contributed by atoms with Crippen LogP contribution in [0.4, 0.5) is 4.39 Å². The zero-order valence-corrected chi connectivity index (χ0v) is 10.5. The van der Waals surface area contributed by atoms with Gasteiger partial charge in [0, 0.05) is 12.6 Å². The van der Waals surface area contributed by atoms with Gasteiger partial charge in [-0.15, -0.1) is 0 Å². The van der Waals surface area contributed by atoms with E-state index in [1.165, 1.54) is 12.1 Å². The van der Waals surface area contributed by atoms with Crippen LogP contribution in [0.2, 0.25) is 0 Å². The molecule has 0 aliphatic carbocycles. The van der Waals surface area contributed by atoms with Crippen molar-refractivity contribution in [2.75, 3.05) is 6.54 Å². The van der Waals surface area contributed by atoms with E-state index >= 15 is 0 Å². The van der Waals surface area contributed by atoms with Gasteiger partial charge in [0.05, 0.1) is 11.7 Å². The summed E-state index contributed by atoms with van der Waals surface area (Å²) in [5.41, 5.74) is -0.149. The van der Waals surface area contributed by atoms with Crippen LogP contribution in [0.3, 0.4) is 0 Å². The molecule has 0 radical (unpaired) electrons. The molecule has 0 saturated heterocycles. The molecule has 0 fully saturated rings. The zero-order valence-electron chi connectivity index (χ0n) is 10.5. The van der Waals surface area contributed by atoms with Crippen LogP contribution in [0.15, 0.2) is 18.2 Å². The molecule has 1 atom stereocenters. The van der Waals surface area contributed by atoms with Crippen LogP contribution in [0.1, 0.15) is 30.6 Å². The summed E-state index contributed by atoms with van der Waals surface area (Å²) in [6, 6.07) is 3.32. The van der Waals surface area contributed by atoms with E-state index in [2.05, 4.69) is 5.32 Å². The third kappa shape index (κ3) is 4.33. The quantitative estimate of drug-likeness (QED) is 0.749. The number of carbonyl (C=O) groups excluding carboxylic acids is 1. The standard InChI is InChI=1S/C13H18FNO3/c1-8(2)5-10(17)7-15-13(18)11-4-3-9(16)6-12(11)14/h3-4,6,8,10,16-17H,5,7H2,1-2H3,(H,15,18). The van der Waals surface area contributed by atoms with Gasteiger partial charge in [-0.1, -0.05) is 13.8 Å². The summed E-state index contributed by atoms with van der Waals surface area (Å²) in [5, 5.41) is 21.1. The minimum Gasteiger partial charge on any atom is -0.508 e. The Labute approximate surface area is 105 Å². The predicted octanol–water partition coefficient (Wildman–Crippen LogP) is 1.67. The fourth-order valence-electron chi connectivity index (χ4n) is 1.62. The Morgan fingerprint density at radius 3 is 2.67 bits per heavy atom. The number of halogens is 1. The molecule has 1 aromatic rings. The van der Waals surface area contributed by atoms with E-state index in [0.717, 1.165) is 6.07 Å². The molecule has 0 saturated carbocycles. The summed E-state index contributed by atoms with van der Waals surface area (Å²) in [4.78, 5) is 11.6. The first-order chi connectivity index (χ1) is 8.40. The van der Waals surface area contributed by atoms with Crippen molar-refractivity contribution in [2.45, 2.75) is 26.4 Å². The monoisotopic (exact) mass is 255 g/mol. The molecule has 3 N–H and O–H groups in total. The molecule has 5 heteroatoms. The van der Waals surface area contributed by atoms with Crippen LogP contribution in [0.25, 0.3) is 0 Å². The van der Waals surface area contributed by atoms with Crippen molar-refractivity contribution in [3.05, 3.63) is 29.6 Å². The van der Waals surface area contributed by atoms with E-state index in [-0.39, 0.29) is 17.9 Å². The van der Waals surface area contributed by atoms with E-state index in [9.17, 15) is 14.3 Å². The highest BCUT2D eigenvalue weighted by molar-refractivity contribution is 5.94. The van der Waals surface area contributed by atoms with Gasteiger partial charge < -0.3 is 15.5 Å². The number of hydrogen-bond donors (Lipinski definition) is 3. The highest BCUT2D eigenvalue weighted by Gasteiger charge is 2.14. The van der Waals surface area contributed by atoms with Gasteiger partial charge in [0.15, 0.2) is 0 Å². The van der Waals surface area contributed by atoms with Crippen LogP contribution in [0.5, 0.6) is 5.75 Å². The maximum Gasteiger partial charge on any atom is 0.254 e. The Morgan fingerprint density at radius 2 is 2.11 bits per heavy atom. The van der Waals surface area contributed by atoms with Gasteiger partial charge in [0.1, 0.15) is 11.6 Å². The summed E-state index contributed by atoms with van der Waals surface area (Å²) < 4.78 is 13.4. The SMILES string of the molecule is CC(C)CC(O)CNC(=O)c1ccc(O)cc1F. The van der Waals surface area contributed by atoms with Crippen LogP contribution in [-0.4, -0.2) is 28.8 Å². The van der Waals surface area contributed by atoms with Crippen LogP contribution >= 0.6 is 0 Å². The first-order valence-electron chi connectivity index (χ1n) is 5.85. The lowest BCUT2D eigenvalue weighted by molar-refractivity contribution is 0.0896. The molecule has 0 aliphatic heterocycles. The Bertz CT molecular complexity index is 421. The van der Waals surface area contributed by atoms with E-state index < -0.39 is 17.8 Å². The van der Waals surface area contributed by atoms with E-state index in [4.69, 9.17) is 5.11 Å². The molecule has 0 spiro atoms. The van der Waals surface area contributed by atoms with Crippen molar-refractivity contribution < 1.29 is 19.4 Å². The van der Waals surface area contributed by atoms with Gasteiger partial charge in [-0.05, 0) is 24.5 Å². The number of phenolic OH excluding ortho intramolecular Hbond substituents is 1. The summed E-state index contributed by atoms with van der Waals surface area (Å²) in [5.74, 6) is -1.30. The van der Waals surface area contributed by atoms with Gasteiger partial charge in [-0.25, -0.2) is 4.39 Å². The molecule has 0 bridgehead atoms. The van der Waals surface area contributed by atoms with Crippen LogP contribution < -0.4 is 5.32 Å². The number of carbonyl (C=O) groups is 1. The Kier molecular flexibility index (Phi) is 5.09. The molecule has 0 heterocycles. The average Bonchev–Trinajstić information content (AvgIpc) is 2.25. The molecular formula is C13H18FNO3. The number of amides is 1. The first-order valence-corrected chi connectivity index (χ1v) is 5.85. The lowest BCUT2D eigenvalue weighted by Gasteiger charge is -2.14. The van der Waals surface area contributed by atoms with E-state index in [1.54, 1.807) is 0 Å². The second-order valence-electron chi connectivity index (χ2n) is 4.66. The zero-order chi connectivity index (χ0) is 13.7. The number of nitrogens with one attached hydrogen (secondary N) is 1. The maximum atomic E-state index is 13.4. The smallest absolute Gasteiger partial charge is 0.254 e. The lowest BCUT2D eigenvalue weighted by atomic mass is 10.1. The van der Waals surface area contributed by atoms with Gasteiger partial charge in [-0.3, -0.25) is 4.79 Å². The van der Waals surface area contributed by atoms with Crippen molar-refractivity contribution in [2.24, 2.45) is 5.92 Å².